The molecule has 11 atom stereocenters. The fraction of sp³-hybridized carbons (Fsp3) is 0.871. The Morgan fingerprint density at radius 1 is 1.00 bits per heavy atom. The Morgan fingerprint density at radius 2 is 1.68 bits per heavy atom. The van der Waals surface area contributed by atoms with E-state index >= 15 is 0 Å². The SMILES string of the molecule is COC(=O)C1(CO)C(O)CCC2(C)C1CCC1(C)C2CC=C2C3C(C(=O)O)(CCC(C)C3(C)O)CCC21C. The number of aliphatic hydroxyl groups is 3. The van der Waals surface area contributed by atoms with Crippen LogP contribution in [0.15, 0.2) is 11.6 Å². The second-order valence-electron chi connectivity index (χ2n) is 14.6. The third-order valence-electron chi connectivity index (χ3n) is 13.8. The lowest BCUT2D eigenvalue weighted by Gasteiger charge is -2.71. The number of carboxylic acid groups (broad SMARTS) is 1. The summed E-state index contributed by atoms with van der Waals surface area (Å²) in [6.45, 7) is 10.4. The van der Waals surface area contributed by atoms with Crippen LogP contribution in [0.3, 0.4) is 0 Å². The molecule has 0 saturated heterocycles. The fourth-order valence-electron chi connectivity index (χ4n) is 11.1. The molecule has 0 aromatic rings. The first-order valence-corrected chi connectivity index (χ1v) is 14.7. The number of carbonyl (C=O) groups is 2. The molecule has 7 nitrogen and oxygen atoms in total. The number of carboxylic acids is 1. The molecular formula is C31H48O7. The number of ether oxygens (including phenoxy) is 1. The van der Waals surface area contributed by atoms with Gasteiger partial charge in [0.15, 0.2) is 0 Å². The summed E-state index contributed by atoms with van der Waals surface area (Å²) in [6, 6.07) is 0. The van der Waals surface area contributed by atoms with E-state index in [0.717, 1.165) is 31.3 Å². The Kier molecular flexibility index (Phi) is 6.31. The van der Waals surface area contributed by atoms with Gasteiger partial charge >= 0.3 is 11.9 Å². The van der Waals surface area contributed by atoms with Gasteiger partial charge in [-0.25, -0.2) is 0 Å². The molecule has 4 N–H and O–H groups in total. The molecule has 11 unspecified atom stereocenters. The second kappa shape index (κ2) is 8.53. The molecule has 7 heteroatoms. The Bertz CT molecular complexity index is 1050. The number of carbonyl (C=O) groups excluding carboxylic acids is 1. The molecule has 0 spiro atoms. The summed E-state index contributed by atoms with van der Waals surface area (Å²) >= 11 is 0. The van der Waals surface area contributed by atoms with Crippen LogP contribution >= 0.6 is 0 Å². The van der Waals surface area contributed by atoms with Crippen molar-refractivity contribution in [1.29, 1.82) is 0 Å². The lowest BCUT2D eigenvalue weighted by atomic mass is 9.33. The van der Waals surface area contributed by atoms with Gasteiger partial charge in [-0.3, -0.25) is 9.59 Å². The van der Waals surface area contributed by atoms with Gasteiger partial charge in [0.1, 0.15) is 5.41 Å². The van der Waals surface area contributed by atoms with Crippen LogP contribution in [0.4, 0.5) is 0 Å². The zero-order valence-electron chi connectivity index (χ0n) is 24.0. The zero-order valence-corrected chi connectivity index (χ0v) is 24.0. The van der Waals surface area contributed by atoms with E-state index in [1.807, 2.05) is 13.8 Å². The van der Waals surface area contributed by atoms with E-state index in [-0.39, 0.29) is 34.0 Å². The lowest BCUT2D eigenvalue weighted by Crippen LogP contribution is -2.69. The molecule has 5 rings (SSSR count). The van der Waals surface area contributed by atoms with Crippen LogP contribution in [0, 0.1) is 50.7 Å². The molecule has 5 aliphatic carbocycles. The van der Waals surface area contributed by atoms with E-state index in [4.69, 9.17) is 4.74 Å². The predicted octanol–water partition coefficient (Wildman–Crippen LogP) is 4.33. The van der Waals surface area contributed by atoms with Gasteiger partial charge in [-0.1, -0.05) is 39.3 Å². The molecule has 38 heavy (non-hydrogen) atoms. The summed E-state index contributed by atoms with van der Waals surface area (Å²) in [5.74, 6) is -1.76. The van der Waals surface area contributed by atoms with Gasteiger partial charge in [-0.2, -0.15) is 0 Å². The number of esters is 1. The highest BCUT2D eigenvalue weighted by Crippen LogP contribution is 2.76. The molecule has 0 aromatic heterocycles. The average Bonchev–Trinajstić information content (AvgIpc) is 2.86. The van der Waals surface area contributed by atoms with Gasteiger partial charge in [0, 0.05) is 5.92 Å². The summed E-state index contributed by atoms with van der Waals surface area (Å²) in [4.78, 5) is 26.1. The number of methoxy groups -OCH3 is 1. The summed E-state index contributed by atoms with van der Waals surface area (Å²) in [7, 11) is 1.33. The lowest BCUT2D eigenvalue weighted by molar-refractivity contribution is -0.234. The Hall–Kier alpha value is -1.44. The molecule has 0 radical (unpaired) electrons. The molecule has 0 heterocycles. The molecule has 0 aliphatic heterocycles. The van der Waals surface area contributed by atoms with Gasteiger partial charge in [0.25, 0.3) is 0 Å². The quantitative estimate of drug-likeness (QED) is 0.315. The summed E-state index contributed by atoms with van der Waals surface area (Å²) in [5, 5.41) is 44.2. The van der Waals surface area contributed by atoms with Crippen molar-refractivity contribution in [3.8, 4) is 0 Å². The fourth-order valence-corrected chi connectivity index (χ4v) is 11.1. The van der Waals surface area contributed by atoms with Gasteiger partial charge < -0.3 is 25.2 Å². The highest BCUT2D eigenvalue weighted by atomic mass is 16.5. The maximum absolute atomic E-state index is 13.2. The van der Waals surface area contributed by atoms with Gasteiger partial charge in [-0.05, 0) is 98.7 Å². The highest BCUT2D eigenvalue weighted by molar-refractivity contribution is 5.79. The maximum Gasteiger partial charge on any atom is 0.317 e. The minimum atomic E-state index is -1.33. The van der Waals surface area contributed by atoms with Crippen molar-refractivity contribution in [2.24, 2.45) is 50.7 Å². The van der Waals surface area contributed by atoms with Crippen molar-refractivity contribution in [2.75, 3.05) is 13.7 Å². The number of aliphatic carboxylic acids is 1. The number of hydrogen-bond acceptors (Lipinski definition) is 6. The first-order chi connectivity index (χ1) is 17.6. The number of aliphatic hydroxyl groups excluding tert-OH is 2. The zero-order chi connectivity index (χ0) is 28.1. The molecule has 0 bridgehead atoms. The largest absolute Gasteiger partial charge is 0.481 e. The van der Waals surface area contributed by atoms with Crippen molar-refractivity contribution in [3.63, 3.8) is 0 Å². The van der Waals surface area contributed by atoms with Crippen LogP contribution in [0.2, 0.25) is 0 Å². The van der Waals surface area contributed by atoms with Gasteiger partial charge in [0.05, 0.1) is 30.8 Å². The van der Waals surface area contributed by atoms with Crippen LogP contribution in [-0.4, -0.2) is 57.8 Å². The number of fused-ring (bicyclic) bond motifs is 7. The monoisotopic (exact) mass is 532 g/mol. The van der Waals surface area contributed by atoms with E-state index in [2.05, 4.69) is 26.8 Å². The van der Waals surface area contributed by atoms with E-state index in [1.165, 1.54) is 7.11 Å². The van der Waals surface area contributed by atoms with E-state index in [1.54, 1.807) is 0 Å². The number of rotatable bonds is 3. The highest BCUT2D eigenvalue weighted by Gasteiger charge is 2.73. The smallest absolute Gasteiger partial charge is 0.317 e. The standard InChI is InChI=1S/C31H48O7/c1-18-9-14-30(24(34)35)16-15-27(3)19(23(30)29(18,5)37)7-8-20-26(2)12-11-22(33)31(17-32,25(36)38-6)21(26)10-13-28(20,27)4/h7,18,20-23,32-33,37H,8-17H2,1-6H3,(H,34,35). The summed E-state index contributed by atoms with van der Waals surface area (Å²) in [6.07, 6.45) is 7.33. The van der Waals surface area contributed by atoms with E-state index < -0.39 is 47.0 Å². The molecule has 214 valence electrons. The molecule has 0 aromatic carbocycles. The average molecular weight is 533 g/mol. The van der Waals surface area contributed by atoms with Gasteiger partial charge in [0.2, 0.25) is 0 Å². The molecular weight excluding hydrogens is 484 g/mol. The van der Waals surface area contributed by atoms with Crippen molar-refractivity contribution < 1.29 is 34.8 Å². The molecule has 5 aliphatic rings. The number of hydrogen-bond donors (Lipinski definition) is 4. The predicted molar refractivity (Wildman–Crippen MR) is 142 cm³/mol. The maximum atomic E-state index is 13.2. The Labute approximate surface area is 227 Å². The summed E-state index contributed by atoms with van der Waals surface area (Å²) < 4.78 is 5.19. The summed E-state index contributed by atoms with van der Waals surface area (Å²) in [5.41, 5.74) is -3.04. The minimum absolute atomic E-state index is 0.00654. The number of allylic oxidation sites excluding steroid dienone is 1. The van der Waals surface area contributed by atoms with Crippen LogP contribution in [-0.2, 0) is 14.3 Å². The Morgan fingerprint density at radius 3 is 2.29 bits per heavy atom. The topological polar surface area (TPSA) is 124 Å². The van der Waals surface area contributed by atoms with E-state index in [9.17, 15) is 30.0 Å². The van der Waals surface area contributed by atoms with Crippen molar-refractivity contribution in [1.82, 2.24) is 0 Å². The molecule has 4 fully saturated rings. The third kappa shape index (κ3) is 3.07. The van der Waals surface area contributed by atoms with Crippen LogP contribution in [0.1, 0.15) is 92.4 Å². The first kappa shape index (κ1) is 28.1. The van der Waals surface area contributed by atoms with E-state index in [0.29, 0.717) is 32.1 Å². The molecule has 0 amide bonds. The van der Waals surface area contributed by atoms with Crippen molar-refractivity contribution in [2.45, 2.75) is 104 Å². The third-order valence-corrected chi connectivity index (χ3v) is 13.8. The van der Waals surface area contributed by atoms with Crippen molar-refractivity contribution >= 4 is 11.9 Å². The van der Waals surface area contributed by atoms with Crippen molar-refractivity contribution in [3.05, 3.63) is 11.6 Å². The van der Waals surface area contributed by atoms with Gasteiger partial charge in [-0.15, -0.1) is 0 Å². The van der Waals surface area contributed by atoms with Crippen LogP contribution in [0.25, 0.3) is 0 Å². The second-order valence-corrected chi connectivity index (χ2v) is 14.6. The normalized spacial score (nSPS) is 53.9. The molecule has 4 saturated carbocycles. The van der Waals surface area contributed by atoms with Crippen LogP contribution in [0.5, 0.6) is 0 Å². The van der Waals surface area contributed by atoms with Crippen LogP contribution < -0.4 is 0 Å². The minimum Gasteiger partial charge on any atom is -0.481 e. The Balaban J connectivity index is 1.64. The first-order valence-electron chi connectivity index (χ1n) is 14.7.